The lowest BCUT2D eigenvalue weighted by Crippen LogP contribution is -2.03. The molecule has 1 N–H and O–H groups in total. The number of hydrogen-bond acceptors (Lipinski definition) is 2. The summed E-state index contributed by atoms with van der Waals surface area (Å²) >= 11 is 0. The zero-order chi connectivity index (χ0) is 12.4. The molecule has 0 aliphatic heterocycles. The lowest BCUT2D eigenvalue weighted by atomic mass is 9.95. The van der Waals surface area contributed by atoms with Crippen LogP contribution in [0.15, 0.2) is 36.7 Å². The van der Waals surface area contributed by atoms with E-state index in [0.717, 1.165) is 22.3 Å². The molecule has 0 saturated heterocycles. The fourth-order valence-corrected chi connectivity index (χ4v) is 1.98. The van der Waals surface area contributed by atoms with Gasteiger partial charge in [-0.25, -0.2) is 0 Å². The maximum atomic E-state index is 10.4. The molecule has 0 spiro atoms. The monoisotopic (exact) mass is 227 g/mol. The minimum absolute atomic E-state index is 0.595. The first kappa shape index (κ1) is 11.8. The smallest absolute Gasteiger partial charge is 0.106 e. The molecule has 1 aromatic carbocycles. The van der Waals surface area contributed by atoms with Gasteiger partial charge in [-0.05, 0) is 43.0 Å². The Balaban J connectivity index is 2.44. The number of nitrogens with zero attached hydrogens (tertiary/aromatic N) is 1. The summed E-state index contributed by atoms with van der Waals surface area (Å²) in [6.07, 6.45) is 2.92. The summed E-state index contributed by atoms with van der Waals surface area (Å²) in [6, 6.07) is 7.97. The van der Waals surface area contributed by atoms with Crippen LogP contribution in [-0.4, -0.2) is 10.1 Å². The number of pyridine rings is 1. The highest BCUT2D eigenvalue weighted by Crippen LogP contribution is 2.26. The quantitative estimate of drug-likeness (QED) is 0.855. The van der Waals surface area contributed by atoms with E-state index in [9.17, 15) is 5.11 Å². The SMILES string of the molecule is Cc1cncc(C(O)c2cccc(C)c2C)c1. The number of aryl methyl sites for hydroxylation is 2. The number of hydrogen-bond donors (Lipinski definition) is 1. The lowest BCUT2D eigenvalue weighted by Gasteiger charge is -2.15. The van der Waals surface area contributed by atoms with Crippen LogP contribution in [0, 0.1) is 20.8 Å². The van der Waals surface area contributed by atoms with Crippen LogP contribution in [-0.2, 0) is 0 Å². The minimum atomic E-state index is -0.595. The minimum Gasteiger partial charge on any atom is -0.384 e. The average molecular weight is 227 g/mol. The van der Waals surface area contributed by atoms with Crippen LogP contribution >= 0.6 is 0 Å². The van der Waals surface area contributed by atoms with Gasteiger partial charge < -0.3 is 5.11 Å². The Kier molecular flexibility index (Phi) is 3.25. The largest absolute Gasteiger partial charge is 0.384 e. The first-order chi connectivity index (χ1) is 8.09. The van der Waals surface area contributed by atoms with E-state index >= 15 is 0 Å². The number of aliphatic hydroxyl groups excluding tert-OH is 1. The molecule has 0 saturated carbocycles. The van der Waals surface area contributed by atoms with Gasteiger partial charge in [-0.3, -0.25) is 4.98 Å². The molecule has 88 valence electrons. The van der Waals surface area contributed by atoms with Gasteiger partial charge in [0.15, 0.2) is 0 Å². The number of benzene rings is 1. The summed E-state index contributed by atoms with van der Waals surface area (Å²) in [5.41, 5.74) is 5.20. The van der Waals surface area contributed by atoms with Crippen molar-refractivity contribution in [2.75, 3.05) is 0 Å². The Hall–Kier alpha value is -1.67. The Labute approximate surface area is 102 Å². The van der Waals surface area contributed by atoms with Crippen LogP contribution in [0.2, 0.25) is 0 Å². The maximum absolute atomic E-state index is 10.4. The molecule has 17 heavy (non-hydrogen) atoms. The van der Waals surface area contributed by atoms with Gasteiger partial charge in [-0.1, -0.05) is 24.3 Å². The van der Waals surface area contributed by atoms with E-state index in [0.29, 0.717) is 0 Å². The van der Waals surface area contributed by atoms with Gasteiger partial charge in [-0.2, -0.15) is 0 Å². The molecule has 2 nitrogen and oxygen atoms in total. The molecular weight excluding hydrogens is 210 g/mol. The Morgan fingerprint density at radius 2 is 1.88 bits per heavy atom. The summed E-state index contributed by atoms with van der Waals surface area (Å²) in [4.78, 5) is 4.12. The second-order valence-corrected chi connectivity index (χ2v) is 4.49. The fourth-order valence-electron chi connectivity index (χ4n) is 1.98. The maximum Gasteiger partial charge on any atom is 0.106 e. The molecule has 0 fully saturated rings. The van der Waals surface area contributed by atoms with E-state index in [2.05, 4.69) is 18.0 Å². The van der Waals surface area contributed by atoms with Crippen LogP contribution < -0.4 is 0 Å². The number of aromatic nitrogens is 1. The van der Waals surface area contributed by atoms with Crippen molar-refractivity contribution in [3.8, 4) is 0 Å². The molecule has 1 atom stereocenters. The predicted molar refractivity (Wildman–Crippen MR) is 69.0 cm³/mol. The van der Waals surface area contributed by atoms with Crippen LogP contribution in [0.3, 0.4) is 0 Å². The lowest BCUT2D eigenvalue weighted by molar-refractivity contribution is 0.219. The van der Waals surface area contributed by atoms with Crippen molar-refractivity contribution in [1.29, 1.82) is 0 Å². The second kappa shape index (κ2) is 4.68. The van der Waals surface area contributed by atoms with Crippen molar-refractivity contribution in [1.82, 2.24) is 4.98 Å². The molecule has 0 bridgehead atoms. The van der Waals surface area contributed by atoms with E-state index in [1.807, 2.05) is 32.0 Å². The molecule has 1 unspecified atom stereocenters. The Bertz CT molecular complexity index is 534. The standard InChI is InChI=1S/C15H17NO/c1-10-7-13(9-16-8-10)15(17)14-6-4-5-11(2)12(14)3/h4-9,15,17H,1-3H3. The van der Waals surface area contributed by atoms with Gasteiger partial charge >= 0.3 is 0 Å². The van der Waals surface area contributed by atoms with Gasteiger partial charge in [0.2, 0.25) is 0 Å². The normalized spacial score (nSPS) is 12.5. The van der Waals surface area contributed by atoms with Crippen molar-refractivity contribution in [3.05, 3.63) is 64.5 Å². The van der Waals surface area contributed by atoms with Crippen LogP contribution in [0.5, 0.6) is 0 Å². The van der Waals surface area contributed by atoms with Gasteiger partial charge in [0.05, 0.1) is 0 Å². The summed E-state index contributed by atoms with van der Waals surface area (Å²) in [6.45, 7) is 6.07. The third kappa shape index (κ3) is 2.37. The van der Waals surface area contributed by atoms with Crippen molar-refractivity contribution < 1.29 is 5.11 Å². The molecule has 2 heteroatoms. The van der Waals surface area contributed by atoms with Gasteiger partial charge in [-0.15, -0.1) is 0 Å². The second-order valence-electron chi connectivity index (χ2n) is 4.49. The van der Waals surface area contributed by atoms with Crippen molar-refractivity contribution in [3.63, 3.8) is 0 Å². The van der Waals surface area contributed by atoms with Gasteiger partial charge in [0.25, 0.3) is 0 Å². The first-order valence-electron chi connectivity index (χ1n) is 5.75. The summed E-state index contributed by atoms with van der Waals surface area (Å²) in [5, 5.41) is 10.4. The molecule has 2 aromatic rings. The highest BCUT2D eigenvalue weighted by atomic mass is 16.3. The highest BCUT2D eigenvalue weighted by molar-refractivity contribution is 5.39. The number of aliphatic hydroxyl groups is 1. The van der Waals surface area contributed by atoms with Crippen molar-refractivity contribution in [2.24, 2.45) is 0 Å². The van der Waals surface area contributed by atoms with E-state index in [4.69, 9.17) is 0 Å². The van der Waals surface area contributed by atoms with E-state index in [1.54, 1.807) is 12.4 Å². The molecular formula is C15H17NO. The first-order valence-corrected chi connectivity index (χ1v) is 5.75. The van der Waals surface area contributed by atoms with Crippen molar-refractivity contribution >= 4 is 0 Å². The summed E-state index contributed by atoms with van der Waals surface area (Å²) in [5.74, 6) is 0. The van der Waals surface area contributed by atoms with Crippen LogP contribution in [0.1, 0.15) is 33.9 Å². The van der Waals surface area contributed by atoms with E-state index < -0.39 is 6.10 Å². The van der Waals surface area contributed by atoms with Crippen molar-refractivity contribution in [2.45, 2.75) is 26.9 Å². The highest BCUT2D eigenvalue weighted by Gasteiger charge is 2.13. The van der Waals surface area contributed by atoms with Crippen LogP contribution in [0.25, 0.3) is 0 Å². The molecule has 0 aliphatic rings. The zero-order valence-electron chi connectivity index (χ0n) is 10.4. The van der Waals surface area contributed by atoms with E-state index in [-0.39, 0.29) is 0 Å². The molecule has 0 aliphatic carbocycles. The molecule has 0 radical (unpaired) electrons. The topological polar surface area (TPSA) is 33.1 Å². The molecule has 2 rings (SSSR count). The summed E-state index contributed by atoms with van der Waals surface area (Å²) in [7, 11) is 0. The average Bonchev–Trinajstić information content (AvgIpc) is 2.32. The van der Waals surface area contributed by atoms with Gasteiger partial charge in [0, 0.05) is 18.0 Å². The predicted octanol–water partition coefficient (Wildman–Crippen LogP) is 3.09. The van der Waals surface area contributed by atoms with E-state index in [1.165, 1.54) is 5.56 Å². The third-order valence-corrected chi connectivity index (χ3v) is 3.15. The molecule has 1 aromatic heterocycles. The fraction of sp³-hybridized carbons (Fsp3) is 0.267. The molecule has 0 amide bonds. The third-order valence-electron chi connectivity index (χ3n) is 3.15. The summed E-state index contributed by atoms with van der Waals surface area (Å²) < 4.78 is 0. The number of rotatable bonds is 2. The Morgan fingerprint density at radius 1 is 1.12 bits per heavy atom. The Morgan fingerprint density at radius 3 is 2.59 bits per heavy atom. The molecule has 1 heterocycles. The zero-order valence-corrected chi connectivity index (χ0v) is 10.4. The van der Waals surface area contributed by atoms with Gasteiger partial charge in [0.1, 0.15) is 6.10 Å². The van der Waals surface area contributed by atoms with Crippen LogP contribution in [0.4, 0.5) is 0 Å².